The van der Waals surface area contributed by atoms with E-state index in [9.17, 15) is 5.11 Å². The number of phenols is 1. The molecule has 0 aromatic heterocycles. The summed E-state index contributed by atoms with van der Waals surface area (Å²) >= 11 is 0. The molecule has 0 spiro atoms. The normalized spacial score (nSPS) is 15.5. The summed E-state index contributed by atoms with van der Waals surface area (Å²) in [6.07, 6.45) is 0. The van der Waals surface area contributed by atoms with Crippen LogP contribution >= 0.6 is 0 Å². The molecule has 1 aromatic carbocycles. The highest BCUT2D eigenvalue weighted by Gasteiger charge is 2.27. The van der Waals surface area contributed by atoms with Gasteiger partial charge in [-0.3, -0.25) is 4.90 Å². The zero-order valence-corrected chi connectivity index (χ0v) is 8.99. The van der Waals surface area contributed by atoms with Crippen LogP contribution in [0, 0.1) is 0 Å². The Labute approximate surface area is 85.2 Å². The number of benzene rings is 1. The lowest BCUT2D eigenvalue weighted by Gasteiger charge is -2.35. The highest BCUT2D eigenvalue weighted by atomic mass is 16.3. The van der Waals surface area contributed by atoms with Gasteiger partial charge < -0.3 is 10.8 Å². The molecule has 0 saturated heterocycles. The smallest absolute Gasteiger partial charge is 0.115 e. The van der Waals surface area contributed by atoms with E-state index < -0.39 is 0 Å². The maximum atomic E-state index is 9.19. The number of hydrogen-bond acceptors (Lipinski definition) is 3. The second-order valence-corrected chi connectivity index (χ2v) is 3.92. The third kappa shape index (κ3) is 1.89. The van der Waals surface area contributed by atoms with E-state index in [-0.39, 0.29) is 11.3 Å². The van der Waals surface area contributed by atoms with Crippen LogP contribution in [0.3, 0.4) is 0 Å². The summed E-state index contributed by atoms with van der Waals surface area (Å²) in [5.74, 6) is 0.284. The predicted molar refractivity (Wildman–Crippen MR) is 58.2 cm³/mol. The van der Waals surface area contributed by atoms with Gasteiger partial charge in [0.05, 0.1) is 5.54 Å². The minimum atomic E-state index is -0.173. The Morgan fingerprint density at radius 1 is 1.29 bits per heavy atom. The van der Waals surface area contributed by atoms with E-state index in [0.717, 1.165) is 5.56 Å². The van der Waals surface area contributed by atoms with Gasteiger partial charge in [0.25, 0.3) is 0 Å². The second-order valence-electron chi connectivity index (χ2n) is 3.92. The monoisotopic (exact) mass is 194 g/mol. The average Bonchev–Trinajstić information content (AvgIpc) is 2.17. The van der Waals surface area contributed by atoms with Crippen molar-refractivity contribution < 1.29 is 5.11 Å². The Balaban J connectivity index is 3.06. The first-order valence-corrected chi connectivity index (χ1v) is 4.67. The molecule has 3 heteroatoms. The van der Waals surface area contributed by atoms with Crippen LogP contribution in [0.15, 0.2) is 24.3 Å². The summed E-state index contributed by atoms with van der Waals surface area (Å²) in [4.78, 5) is 2.08. The molecule has 0 aliphatic rings. The summed E-state index contributed by atoms with van der Waals surface area (Å²) in [6, 6.07) is 7.18. The lowest BCUT2D eigenvalue weighted by Crippen LogP contribution is -2.44. The first-order chi connectivity index (χ1) is 6.50. The summed E-state index contributed by atoms with van der Waals surface area (Å²) < 4.78 is 0. The summed E-state index contributed by atoms with van der Waals surface area (Å²) in [5, 5.41) is 9.19. The SMILES string of the molecule is CN(C)C(C)(CN)c1ccc(O)cc1. The topological polar surface area (TPSA) is 49.5 Å². The van der Waals surface area contributed by atoms with Crippen LogP contribution in [0.2, 0.25) is 0 Å². The maximum absolute atomic E-state index is 9.19. The first kappa shape index (κ1) is 11.0. The maximum Gasteiger partial charge on any atom is 0.115 e. The molecule has 3 N–H and O–H groups in total. The zero-order chi connectivity index (χ0) is 10.8. The number of likely N-dealkylation sites (N-methyl/N-ethyl adjacent to an activating group) is 1. The second kappa shape index (κ2) is 3.98. The van der Waals surface area contributed by atoms with Crippen molar-refractivity contribution in [3.8, 4) is 5.75 Å². The van der Waals surface area contributed by atoms with E-state index in [1.54, 1.807) is 12.1 Å². The van der Waals surface area contributed by atoms with Crippen molar-refractivity contribution in [2.45, 2.75) is 12.5 Å². The molecule has 0 amide bonds. The minimum Gasteiger partial charge on any atom is -0.508 e. The molecule has 1 unspecified atom stereocenters. The molecule has 1 aromatic rings. The van der Waals surface area contributed by atoms with Crippen molar-refractivity contribution in [2.24, 2.45) is 5.73 Å². The van der Waals surface area contributed by atoms with Crippen molar-refractivity contribution in [1.29, 1.82) is 0 Å². The molecule has 0 aliphatic carbocycles. The fraction of sp³-hybridized carbons (Fsp3) is 0.455. The van der Waals surface area contributed by atoms with Crippen LogP contribution in [0.1, 0.15) is 12.5 Å². The van der Waals surface area contributed by atoms with Crippen LogP contribution in [-0.2, 0) is 5.54 Å². The van der Waals surface area contributed by atoms with E-state index in [1.165, 1.54) is 0 Å². The van der Waals surface area contributed by atoms with Gasteiger partial charge in [-0.1, -0.05) is 12.1 Å². The van der Waals surface area contributed by atoms with Crippen molar-refractivity contribution in [3.05, 3.63) is 29.8 Å². The zero-order valence-electron chi connectivity index (χ0n) is 8.99. The Hall–Kier alpha value is -1.06. The molecule has 0 saturated carbocycles. The molecule has 1 atom stereocenters. The van der Waals surface area contributed by atoms with Gasteiger partial charge in [0.2, 0.25) is 0 Å². The Bertz CT molecular complexity index is 295. The lowest BCUT2D eigenvalue weighted by atomic mass is 9.91. The van der Waals surface area contributed by atoms with Gasteiger partial charge >= 0.3 is 0 Å². The number of aromatic hydroxyl groups is 1. The first-order valence-electron chi connectivity index (χ1n) is 4.67. The summed E-state index contributed by atoms with van der Waals surface area (Å²) in [6.45, 7) is 2.63. The quantitative estimate of drug-likeness (QED) is 0.758. The third-order valence-corrected chi connectivity index (χ3v) is 2.87. The van der Waals surface area contributed by atoms with E-state index in [0.29, 0.717) is 6.54 Å². The highest BCUT2D eigenvalue weighted by molar-refractivity contribution is 5.30. The van der Waals surface area contributed by atoms with Crippen LogP contribution in [0.25, 0.3) is 0 Å². The molecule has 14 heavy (non-hydrogen) atoms. The molecular weight excluding hydrogens is 176 g/mol. The molecule has 0 aliphatic heterocycles. The van der Waals surface area contributed by atoms with E-state index in [1.807, 2.05) is 26.2 Å². The van der Waals surface area contributed by atoms with Gasteiger partial charge in [-0.05, 0) is 38.7 Å². The predicted octanol–water partition coefficient (Wildman–Crippen LogP) is 1.13. The van der Waals surface area contributed by atoms with Crippen LogP contribution in [-0.4, -0.2) is 30.6 Å². The Kier molecular flexibility index (Phi) is 3.13. The average molecular weight is 194 g/mol. The molecule has 78 valence electrons. The van der Waals surface area contributed by atoms with E-state index in [4.69, 9.17) is 5.73 Å². The van der Waals surface area contributed by atoms with Gasteiger partial charge in [-0.2, -0.15) is 0 Å². The van der Waals surface area contributed by atoms with E-state index >= 15 is 0 Å². The van der Waals surface area contributed by atoms with E-state index in [2.05, 4.69) is 11.8 Å². The van der Waals surface area contributed by atoms with Gasteiger partial charge in [0.15, 0.2) is 0 Å². The number of nitrogens with two attached hydrogens (primary N) is 1. The van der Waals surface area contributed by atoms with Crippen LogP contribution in [0.5, 0.6) is 5.75 Å². The largest absolute Gasteiger partial charge is 0.508 e. The molecule has 0 heterocycles. The van der Waals surface area contributed by atoms with Crippen LogP contribution in [0.4, 0.5) is 0 Å². The Morgan fingerprint density at radius 3 is 2.14 bits per heavy atom. The number of rotatable bonds is 3. The fourth-order valence-corrected chi connectivity index (χ4v) is 1.38. The van der Waals surface area contributed by atoms with Crippen molar-refractivity contribution in [2.75, 3.05) is 20.6 Å². The molecule has 0 fully saturated rings. The van der Waals surface area contributed by atoms with Crippen molar-refractivity contribution in [3.63, 3.8) is 0 Å². The summed E-state index contributed by atoms with van der Waals surface area (Å²) in [7, 11) is 4.00. The minimum absolute atomic E-state index is 0.173. The number of phenolic OH excluding ortho intramolecular Hbond substituents is 1. The van der Waals surface area contributed by atoms with Crippen molar-refractivity contribution >= 4 is 0 Å². The van der Waals surface area contributed by atoms with Gasteiger partial charge in [-0.25, -0.2) is 0 Å². The van der Waals surface area contributed by atoms with Crippen molar-refractivity contribution in [1.82, 2.24) is 4.90 Å². The Morgan fingerprint density at radius 2 is 1.79 bits per heavy atom. The van der Waals surface area contributed by atoms with Gasteiger partial charge in [0.1, 0.15) is 5.75 Å². The molecule has 0 radical (unpaired) electrons. The van der Waals surface area contributed by atoms with Gasteiger partial charge in [0, 0.05) is 6.54 Å². The number of nitrogens with zero attached hydrogens (tertiary/aromatic N) is 1. The van der Waals surface area contributed by atoms with Crippen LogP contribution < -0.4 is 5.73 Å². The third-order valence-electron chi connectivity index (χ3n) is 2.87. The standard InChI is InChI=1S/C11H18N2O/c1-11(8-12,13(2)3)9-4-6-10(14)7-5-9/h4-7,14H,8,12H2,1-3H3. The molecule has 1 rings (SSSR count). The molecule has 3 nitrogen and oxygen atoms in total. The number of hydrogen-bond donors (Lipinski definition) is 2. The lowest BCUT2D eigenvalue weighted by molar-refractivity contribution is 0.183. The fourth-order valence-electron chi connectivity index (χ4n) is 1.38. The summed E-state index contributed by atoms with van der Waals surface area (Å²) in [5.41, 5.74) is 6.71. The van der Waals surface area contributed by atoms with Gasteiger partial charge in [-0.15, -0.1) is 0 Å². The molecular formula is C11H18N2O. The molecule has 0 bridgehead atoms. The highest BCUT2D eigenvalue weighted by Crippen LogP contribution is 2.26.